The summed E-state index contributed by atoms with van der Waals surface area (Å²) in [5.74, 6) is 0.643. The zero-order valence-electron chi connectivity index (χ0n) is 10.6. The van der Waals surface area contributed by atoms with Gasteiger partial charge >= 0.3 is 0 Å². The van der Waals surface area contributed by atoms with Gasteiger partial charge in [-0.3, -0.25) is 9.69 Å². The molecule has 1 aliphatic heterocycles. The summed E-state index contributed by atoms with van der Waals surface area (Å²) in [6.07, 6.45) is 3.51. The number of ketones is 1. The molecule has 3 nitrogen and oxygen atoms in total. The number of likely N-dealkylation sites (tertiary alicyclic amines) is 1. The number of hydrogen-bond acceptors (Lipinski definition) is 3. The van der Waals surface area contributed by atoms with Crippen molar-refractivity contribution in [2.75, 3.05) is 13.2 Å². The Balaban J connectivity index is 1.85. The molecule has 0 aromatic heterocycles. The van der Waals surface area contributed by atoms with Gasteiger partial charge in [-0.25, -0.2) is 0 Å². The second kappa shape index (κ2) is 4.84. The fourth-order valence-corrected chi connectivity index (χ4v) is 2.92. The van der Waals surface area contributed by atoms with E-state index in [0.29, 0.717) is 24.0 Å². The minimum Gasteiger partial charge on any atom is -0.378 e. The Bertz CT molecular complexity index is 261. The molecule has 0 aromatic carbocycles. The van der Waals surface area contributed by atoms with Crippen LogP contribution in [0.2, 0.25) is 0 Å². The minimum atomic E-state index is 0.208. The summed E-state index contributed by atoms with van der Waals surface area (Å²) in [6.45, 7) is 8.08. The molecule has 2 rings (SSSR count). The molecule has 1 saturated carbocycles. The fourth-order valence-electron chi connectivity index (χ4n) is 2.92. The highest BCUT2D eigenvalue weighted by Gasteiger charge is 2.40. The quantitative estimate of drug-likeness (QED) is 0.734. The lowest BCUT2D eigenvalue weighted by Gasteiger charge is -2.48. The van der Waals surface area contributed by atoms with Crippen molar-refractivity contribution in [3.8, 4) is 0 Å². The second-order valence-electron chi connectivity index (χ2n) is 5.19. The predicted octanol–water partition coefficient (Wildman–Crippen LogP) is 1.85. The number of ether oxygens (including phenoxy) is 1. The van der Waals surface area contributed by atoms with Gasteiger partial charge in [0.15, 0.2) is 0 Å². The highest BCUT2D eigenvalue weighted by molar-refractivity contribution is 5.82. The summed E-state index contributed by atoms with van der Waals surface area (Å²) in [5.41, 5.74) is 0. The zero-order chi connectivity index (χ0) is 11.7. The molecule has 0 amide bonds. The third-order valence-corrected chi connectivity index (χ3v) is 4.31. The van der Waals surface area contributed by atoms with Crippen LogP contribution in [0.4, 0.5) is 0 Å². The third-order valence-electron chi connectivity index (χ3n) is 4.31. The summed E-state index contributed by atoms with van der Waals surface area (Å²) in [7, 11) is 0. The molecule has 92 valence electrons. The van der Waals surface area contributed by atoms with Crippen LogP contribution in [0.5, 0.6) is 0 Å². The molecule has 16 heavy (non-hydrogen) atoms. The van der Waals surface area contributed by atoms with E-state index < -0.39 is 0 Å². The number of Topliss-reactive ketones (excluding diaryl/α,β-unsaturated/α-hetero) is 1. The van der Waals surface area contributed by atoms with E-state index in [1.807, 2.05) is 0 Å². The van der Waals surface area contributed by atoms with E-state index in [4.69, 9.17) is 4.74 Å². The Labute approximate surface area is 98.1 Å². The first kappa shape index (κ1) is 12.1. The first-order valence-electron chi connectivity index (χ1n) is 6.53. The molecule has 3 heteroatoms. The maximum absolute atomic E-state index is 11.6. The zero-order valence-corrected chi connectivity index (χ0v) is 10.6. The van der Waals surface area contributed by atoms with Crippen LogP contribution in [-0.2, 0) is 9.53 Å². The Hall–Kier alpha value is -0.410. The Morgan fingerprint density at radius 3 is 2.69 bits per heavy atom. The van der Waals surface area contributed by atoms with Crippen LogP contribution in [0.1, 0.15) is 40.0 Å². The largest absolute Gasteiger partial charge is 0.378 e. The smallest absolute Gasteiger partial charge is 0.138 e. The molecule has 0 aromatic rings. The molecule has 0 bridgehead atoms. The molecule has 2 fully saturated rings. The van der Waals surface area contributed by atoms with Crippen LogP contribution in [0.25, 0.3) is 0 Å². The molecular weight excluding hydrogens is 202 g/mol. The van der Waals surface area contributed by atoms with Gasteiger partial charge in [0.05, 0.1) is 6.10 Å². The lowest BCUT2D eigenvalue weighted by atomic mass is 9.82. The first-order valence-corrected chi connectivity index (χ1v) is 6.53. The maximum Gasteiger partial charge on any atom is 0.138 e. The van der Waals surface area contributed by atoms with E-state index in [9.17, 15) is 4.79 Å². The second-order valence-corrected chi connectivity index (χ2v) is 5.19. The monoisotopic (exact) mass is 225 g/mol. The van der Waals surface area contributed by atoms with E-state index in [2.05, 4.69) is 25.7 Å². The molecule has 2 atom stereocenters. The number of piperidine rings is 1. The van der Waals surface area contributed by atoms with Gasteiger partial charge in [0.2, 0.25) is 0 Å². The van der Waals surface area contributed by atoms with Crippen LogP contribution in [0, 0.1) is 5.92 Å². The third kappa shape index (κ3) is 2.16. The van der Waals surface area contributed by atoms with Crippen LogP contribution >= 0.6 is 0 Å². The van der Waals surface area contributed by atoms with Crippen LogP contribution in [0.15, 0.2) is 0 Å². The van der Waals surface area contributed by atoms with Crippen LogP contribution < -0.4 is 0 Å². The van der Waals surface area contributed by atoms with Gasteiger partial charge in [-0.1, -0.05) is 6.92 Å². The molecule has 2 aliphatic rings. The van der Waals surface area contributed by atoms with Gasteiger partial charge in [0, 0.05) is 37.6 Å². The number of carbonyl (C=O) groups excluding carboxylic acids is 1. The topological polar surface area (TPSA) is 29.5 Å². The van der Waals surface area contributed by atoms with E-state index in [1.54, 1.807) is 0 Å². The molecule has 2 unspecified atom stereocenters. The van der Waals surface area contributed by atoms with E-state index in [1.165, 1.54) is 0 Å². The lowest BCUT2D eigenvalue weighted by Crippen LogP contribution is -2.57. The van der Waals surface area contributed by atoms with Gasteiger partial charge < -0.3 is 4.74 Å². The Morgan fingerprint density at radius 1 is 1.38 bits per heavy atom. The van der Waals surface area contributed by atoms with Crippen molar-refractivity contribution < 1.29 is 9.53 Å². The van der Waals surface area contributed by atoms with Crippen molar-refractivity contribution in [1.29, 1.82) is 0 Å². The number of carbonyl (C=O) groups is 1. The fraction of sp³-hybridized carbons (Fsp3) is 0.923. The van der Waals surface area contributed by atoms with Crippen molar-refractivity contribution in [3.05, 3.63) is 0 Å². The van der Waals surface area contributed by atoms with Gasteiger partial charge in [0.25, 0.3) is 0 Å². The molecule has 0 N–H and O–H groups in total. The highest BCUT2D eigenvalue weighted by Crippen LogP contribution is 2.33. The SMILES string of the molecule is CCOC1CC(N2CCC(=O)C(C)C2C)C1. The summed E-state index contributed by atoms with van der Waals surface area (Å²) in [5, 5.41) is 0. The average Bonchev–Trinajstić information content (AvgIpc) is 2.21. The maximum atomic E-state index is 11.6. The molecule has 0 spiro atoms. The minimum absolute atomic E-state index is 0.208. The normalized spacial score (nSPS) is 40.8. The van der Waals surface area contributed by atoms with Crippen molar-refractivity contribution >= 4 is 5.78 Å². The molecule has 1 aliphatic carbocycles. The van der Waals surface area contributed by atoms with E-state index in [-0.39, 0.29) is 5.92 Å². The van der Waals surface area contributed by atoms with E-state index >= 15 is 0 Å². The molecule has 1 heterocycles. The van der Waals surface area contributed by atoms with Gasteiger partial charge in [-0.2, -0.15) is 0 Å². The number of rotatable bonds is 3. The van der Waals surface area contributed by atoms with Crippen LogP contribution in [-0.4, -0.2) is 42.0 Å². The standard InChI is InChI=1S/C13H23NO2/c1-4-16-12-7-11(8-12)14-6-5-13(15)9(2)10(14)3/h9-12H,4-8H2,1-3H3. The summed E-state index contributed by atoms with van der Waals surface area (Å²) in [4.78, 5) is 14.1. The Kier molecular flexibility index (Phi) is 3.65. The van der Waals surface area contributed by atoms with Gasteiger partial charge in [-0.15, -0.1) is 0 Å². The average molecular weight is 225 g/mol. The van der Waals surface area contributed by atoms with Crippen molar-refractivity contribution in [3.63, 3.8) is 0 Å². The first-order chi connectivity index (χ1) is 7.63. The Morgan fingerprint density at radius 2 is 2.06 bits per heavy atom. The number of hydrogen-bond donors (Lipinski definition) is 0. The van der Waals surface area contributed by atoms with Crippen LogP contribution in [0.3, 0.4) is 0 Å². The van der Waals surface area contributed by atoms with Gasteiger partial charge in [0.1, 0.15) is 5.78 Å². The van der Waals surface area contributed by atoms with E-state index in [0.717, 1.165) is 32.4 Å². The number of nitrogens with zero attached hydrogens (tertiary/aromatic N) is 1. The van der Waals surface area contributed by atoms with Crippen molar-refractivity contribution in [1.82, 2.24) is 4.90 Å². The predicted molar refractivity (Wildman–Crippen MR) is 63.4 cm³/mol. The molecular formula is C13H23NO2. The molecule has 1 saturated heterocycles. The summed E-state index contributed by atoms with van der Waals surface area (Å²) < 4.78 is 5.59. The van der Waals surface area contributed by atoms with Crippen molar-refractivity contribution in [2.24, 2.45) is 5.92 Å². The highest BCUT2D eigenvalue weighted by atomic mass is 16.5. The summed E-state index contributed by atoms with van der Waals surface area (Å²) in [6, 6.07) is 1.07. The van der Waals surface area contributed by atoms with Gasteiger partial charge in [-0.05, 0) is 26.7 Å². The lowest BCUT2D eigenvalue weighted by molar-refractivity contribution is -0.132. The molecule has 0 radical (unpaired) electrons. The van der Waals surface area contributed by atoms with Crippen molar-refractivity contribution in [2.45, 2.75) is 58.2 Å². The summed E-state index contributed by atoms with van der Waals surface area (Å²) >= 11 is 0.